The largest absolute Gasteiger partial charge is 0.494 e. The molecule has 2 N–H and O–H groups in total. The van der Waals surface area contributed by atoms with E-state index in [0.29, 0.717) is 30.6 Å². The zero-order valence-electron chi connectivity index (χ0n) is 23.7. The monoisotopic (exact) mass is 519 g/mol. The van der Waals surface area contributed by atoms with Crippen molar-refractivity contribution in [3.8, 4) is 11.4 Å². The minimum Gasteiger partial charge on any atom is -0.494 e. The average Bonchev–Trinajstić information content (AvgIpc) is 3.27. The molecule has 0 spiro atoms. The summed E-state index contributed by atoms with van der Waals surface area (Å²) in [5.41, 5.74) is 3.26. The number of rotatable bonds is 10. The standard InChI is InChI=1S/C30H41N5O3/c1-8-38-25-14-12-23(13-15-25)31-29(37)34(17-16-21(2)3)20-28(36)32-27-19-26(30(5,6)7)33-35(27)24-11-9-10-22(4)18-24/h9-15,18-19,21H,8,16-17,20H2,1-7H3,(H,31,37)(H,32,36). The molecule has 0 aliphatic rings. The first-order valence-corrected chi connectivity index (χ1v) is 13.2. The molecule has 0 fully saturated rings. The van der Waals surface area contributed by atoms with Crippen LogP contribution in [0.1, 0.15) is 59.2 Å². The third kappa shape index (κ3) is 8.10. The van der Waals surface area contributed by atoms with E-state index in [1.165, 1.54) is 0 Å². The topological polar surface area (TPSA) is 88.5 Å². The van der Waals surface area contributed by atoms with E-state index >= 15 is 0 Å². The molecule has 2 aromatic carbocycles. The van der Waals surface area contributed by atoms with Crippen LogP contribution in [0.4, 0.5) is 16.3 Å². The number of nitrogens with one attached hydrogen (secondary N) is 2. The number of hydrogen-bond acceptors (Lipinski definition) is 4. The Morgan fingerprint density at radius 2 is 1.76 bits per heavy atom. The van der Waals surface area contributed by atoms with Crippen molar-refractivity contribution >= 4 is 23.4 Å². The van der Waals surface area contributed by atoms with Crippen molar-refractivity contribution in [2.24, 2.45) is 5.92 Å². The number of ether oxygens (including phenoxy) is 1. The molecule has 3 amide bonds. The molecule has 38 heavy (non-hydrogen) atoms. The number of nitrogens with zero attached hydrogens (tertiary/aromatic N) is 3. The van der Waals surface area contributed by atoms with Crippen molar-refractivity contribution in [3.05, 3.63) is 65.9 Å². The van der Waals surface area contributed by atoms with Gasteiger partial charge in [0, 0.05) is 23.7 Å². The Labute approximate surface area is 226 Å². The molecule has 3 rings (SSSR count). The zero-order valence-corrected chi connectivity index (χ0v) is 23.7. The van der Waals surface area contributed by atoms with Crippen molar-refractivity contribution in [2.75, 3.05) is 30.3 Å². The lowest BCUT2D eigenvalue weighted by molar-refractivity contribution is -0.116. The van der Waals surface area contributed by atoms with Gasteiger partial charge in [-0.15, -0.1) is 0 Å². The van der Waals surface area contributed by atoms with Crippen LogP contribution in [0.5, 0.6) is 5.75 Å². The highest BCUT2D eigenvalue weighted by molar-refractivity contribution is 5.96. The Morgan fingerprint density at radius 1 is 1.05 bits per heavy atom. The minimum absolute atomic E-state index is 0.0839. The van der Waals surface area contributed by atoms with Gasteiger partial charge >= 0.3 is 6.03 Å². The van der Waals surface area contributed by atoms with Gasteiger partial charge in [-0.05, 0) is 68.1 Å². The van der Waals surface area contributed by atoms with E-state index in [4.69, 9.17) is 9.84 Å². The first-order valence-electron chi connectivity index (χ1n) is 13.2. The number of urea groups is 1. The first-order chi connectivity index (χ1) is 18.0. The van der Waals surface area contributed by atoms with Crippen molar-refractivity contribution in [1.82, 2.24) is 14.7 Å². The fourth-order valence-electron chi connectivity index (χ4n) is 3.82. The Bertz CT molecular complexity index is 1230. The van der Waals surface area contributed by atoms with Gasteiger partial charge in [0.2, 0.25) is 5.91 Å². The van der Waals surface area contributed by atoms with E-state index in [9.17, 15) is 9.59 Å². The molecule has 1 heterocycles. The molecule has 1 aromatic heterocycles. The van der Waals surface area contributed by atoms with Gasteiger partial charge in [-0.1, -0.05) is 46.8 Å². The zero-order chi connectivity index (χ0) is 27.9. The van der Waals surface area contributed by atoms with Crippen LogP contribution in [0.25, 0.3) is 5.69 Å². The summed E-state index contributed by atoms with van der Waals surface area (Å²) in [6, 6.07) is 16.7. The van der Waals surface area contributed by atoms with Gasteiger partial charge in [-0.2, -0.15) is 5.10 Å². The van der Waals surface area contributed by atoms with E-state index in [0.717, 1.165) is 29.1 Å². The van der Waals surface area contributed by atoms with Crippen LogP contribution in [-0.2, 0) is 10.2 Å². The molecule has 204 valence electrons. The van der Waals surface area contributed by atoms with Gasteiger partial charge in [-0.3, -0.25) is 4.79 Å². The van der Waals surface area contributed by atoms with E-state index < -0.39 is 0 Å². The van der Waals surface area contributed by atoms with E-state index in [1.807, 2.05) is 56.3 Å². The quantitative estimate of drug-likeness (QED) is 0.325. The van der Waals surface area contributed by atoms with Crippen LogP contribution in [0.15, 0.2) is 54.6 Å². The average molecular weight is 520 g/mol. The van der Waals surface area contributed by atoms with Crippen molar-refractivity contribution in [3.63, 3.8) is 0 Å². The molecule has 0 aliphatic carbocycles. The Kier molecular flexibility index (Phi) is 9.55. The summed E-state index contributed by atoms with van der Waals surface area (Å²) in [6.45, 7) is 15.3. The Balaban J connectivity index is 1.79. The summed E-state index contributed by atoms with van der Waals surface area (Å²) >= 11 is 0. The lowest BCUT2D eigenvalue weighted by Gasteiger charge is -2.23. The van der Waals surface area contributed by atoms with Crippen molar-refractivity contribution in [1.29, 1.82) is 0 Å². The summed E-state index contributed by atoms with van der Waals surface area (Å²) in [6.07, 6.45) is 0.777. The van der Waals surface area contributed by atoms with E-state index in [-0.39, 0.29) is 23.9 Å². The molecule has 8 heteroatoms. The van der Waals surface area contributed by atoms with Crippen LogP contribution in [0.3, 0.4) is 0 Å². The lowest BCUT2D eigenvalue weighted by Crippen LogP contribution is -2.41. The third-order valence-corrected chi connectivity index (χ3v) is 6.01. The summed E-state index contributed by atoms with van der Waals surface area (Å²) < 4.78 is 7.23. The molecule has 3 aromatic rings. The molecular weight excluding hydrogens is 478 g/mol. The van der Waals surface area contributed by atoms with Crippen LogP contribution in [0.2, 0.25) is 0 Å². The minimum atomic E-state index is -0.326. The maximum atomic E-state index is 13.3. The molecule has 8 nitrogen and oxygen atoms in total. The summed E-state index contributed by atoms with van der Waals surface area (Å²) in [7, 11) is 0. The maximum absolute atomic E-state index is 13.3. The Hall–Kier alpha value is -3.81. The van der Waals surface area contributed by atoms with E-state index in [2.05, 4.69) is 45.3 Å². The summed E-state index contributed by atoms with van der Waals surface area (Å²) in [4.78, 5) is 28.0. The predicted octanol–water partition coefficient (Wildman–Crippen LogP) is 6.40. The van der Waals surface area contributed by atoms with Crippen LogP contribution >= 0.6 is 0 Å². The SMILES string of the molecule is CCOc1ccc(NC(=O)N(CCC(C)C)CC(=O)Nc2cc(C(C)(C)C)nn2-c2cccc(C)c2)cc1. The molecule has 0 saturated heterocycles. The highest BCUT2D eigenvalue weighted by Crippen LogP contribution is 2.26. The smallest absolute Gasteiger partial charge is 0.322 e. The molecule has 0 bridgehead atoms. The number of amides is 3. The van der Waals surface area contributed by atoms with Gasteiger partial charge in [0.1, 0.15) is 18.1 Å². The third-order valence-electron chi connectivity index (χ3n) is 6.01. The number of hydrogen-bond donors (Lipinski definition) is 2. The van der Waals surface area contributed by atoms with Crippen molar-refractivity contribution in [2.45, 2.75) is 60.3 Å². The highest BCUT2D eigenvalue weighted by Gasteiger charge is 2.23. The predicted molar refractivity (Wildman–Crippen MR) is 153 cm³/mol. The molecule has 0 radical (unpaired) electrons. The van der Waals surface area contributed by atoms with Crippen LogP contribution in [0, 0.1) is 12.8 Å². The van der Waals surface area contributed by atoms with Gasteiger partial charge in [0.15, 0.2) is 0 Å². The number of benzene rings is 2. The van der Waals surface area contributed by atoms with Gasteiger partial charge in [0.05, 0.1) is 18.0 Å². The fourth-order valence-corrected chi connectivity index (χ4v) is 3.82. The highest BCUT2D eigenvalue weighted by atomic mass is 16.5. The van der Waals surface area contributed by atoms with Gasteiger partial charge < -0.3 is 20.3 Å². The summed E-state index contributed by atoms with van der Waals surface area (Å²) in [5, 5.41) is 10.7. The van der Waals surface area contributed by atoms with Crippen LogP contribution < -0.4 is 15.4 Å². The number of aryl methyl sites for hydroxylation is 1. The number of carbonyl (C=O) groups excluding carboxylic acids is 2. The first kappa shape index (κ1) is 28.8. The number of aromatic nitrogens is 2. The number of carbonyl (C=O) groups is 2. The van der Waals surface area contributed by atoms with Gasteiger partial charge in [-0.25, -0.2) is 9.48 Å². The normalized spacial score (nSPS) is 11.4. The lowest BCUT2D eigenvalue weighted by atomic mass is 9.92. The fraction of sp³-hybridized carbons (Fsp3) is 0.433. The van der Waals surface area contributed by atoms with Crippen molar-refractivity contribution < 1.29 is 14.3 Å². The number of anilines is 2. The van der Waals surface area contributed by atoms with E-state index in [1.54, 1.807) is 21.7 Å². The molecular formula is C30H41N5O3. The molecule has 0 saturated carbocycles. The molecule has 0 atom stereocenters. The Morgan fingerprint density at radius 3 is 2.37 bits per heavy atom. The van der Waals surface area contributed by atoms with Crippen LogP contribution in [-0.4, -0.2) is 46.3 Å². The summed E-state index contributed by atoms with van der Waals surface area (Å²) in [5.74, 6) is 1.41. The second-order valence-corrected chi connectivity index (χ2v) is 11.0. The second kappa shape index (κ2) is 12.6. The molecule has 0 unspecified atom stereocenters. The molecule has 0 aliphatic heterocycles. The van der Waals surface area contributed by atoms with Gasteiger partial charge in [0.25, 0.3) is 0 Å². The second-order valence-electron chi connectivity index (χ2n) is 11.0. The maximum Gasteiger partial charge on any atom is 0.322 e.